The Morgan fingerprint density at radius 2 is 1.52 bits per heavy atom. The van der Waals surface area contributed by atoms with Crippen molar-refractivity contribution in [1.82, 2.24) is 0 Å². The summed E-state index contributed by atoms with van der Waals surface area (Å²) in [7, 11) is 0. The summed E-state index contributed by atoms with van der Waals surface area (Å²) >= 11 is 0. The smallest absolute Gasteiger partial charge is 0.221 e. The van der Waals surface area contributed by atoms with E-state index in [1.807, 2.05) is 0 Å². The van der Waals surface area contributed by atoms with Gasteiger partial charge in [0.25, 0.3) is 0 Å². The molecule has 0 fully saturated rings. The van der Waals surface area contributed by atoms with Crippen LogP contribution < -0.4 is 5.32 Å². The van der Waals surface area contributed by atoms with Crippen molar-refractivity contribution >= 4 is 23.2 Å². The standard InChI is InChI=1S/C17H13NO3/c1-9-7-8-13-14(15(9)18-10(2)19)17(21)12-6-4-3-5-11(12)16(13)20/h3-8H,1-2H3,(H,18,19). The normalized spacial score (nSPS) is 12.7. The highest BCUT2D eigenvalue weighted by Crippen LogP contribution is 2.33. The van der Waals surface area contributed by atoms with Crippen molar-refractivity contribution in [3.8, 4) is 0 Å². The van der Waals surface area contributed by atoms with Crippen LogP contribution in [-0.2, 0) is 4.79 Å². The van der Waals surface area contributed by atoms with Crippen LogP contribution in [0.5, 0.6) is 0 Å². The van der Waals surface area contributed by atoms with E-state index in [1.54, 1.807) is 43.3 Å². The maximum atomic E-state index is 12.7. The van der Waals surface area contributed by atoms with Crippen molar-refractivity contribution in [3.05, 3.63) is 64.2 Å². The van der Waals surface area contributed by atoms with E-state index in [2.05, 4.69) is 5.32 Å². The second-order valence-corrected chi connectivity index (χ2v) is 5.07. The molecule has 1 aliphatic carbocycles. The first kappa shape index (κ1) is 13.2. The number of carbonyl (C=O) groups is 3. The van der Waals surface area contributed by atoms with E-state index in [1.165, 1.54) is 6.92 Å². The molecule has 4 nitrogen and oxygen atoms in total. The van der Waals surface area contributed by atoms with Crippen molar-refractivity contribution < 1.29 is 14.4 Å². The van der Waals surface area contributed by atoms with Crippen LogP contribution in [0.15, 0.2) is 36.4 Å². The second-order valence-electron chi connectivity index (χ2n) is 5.07. The van der Waals surface area contributed by atoms with Crippen LogP contribution in [0.2, 0.25) is 0 Å². The Balaban J connectivity index is 2.30. The summed E-state index contributed by atoms with van der Waals surface area (Å²) in [5.74, 6) is -0.690. The van der Waals surface area contributed by atoms with Crippen LogP contribution in [0, 0.1) is 6.92 Å². The number of benzene rings is 2. The third-order valence-electron chi connectivity index (χ3n) is 3.60. The van der Waals surface area contributed by atoms with Crippen LogP contribution in [0.4, 0.5) is 5.69 Å². The summed E-state index contributed by atoms with van der Waals surface area (Å²) in [6.07, 6.45) is 0. The van der Waals surface area contributed by atoms with Crippen molar-refractivity contribution in [1.29, 1.82) is 0 Å². The molecule has 1 aliphatic rings. The molecule has 2 aromatic rings. The number of anilines is 1. The SMILES string of the molecule is CC(=O)Nc1c(C)ccc2c1C(=O)c1ccccc1C2=O. The predicted octanol–water partition coefficient (Wildman–Crippen LogP) is 2.73. The summed E-state index contributed by atoms with van der Waals surface area (Å²) in [5.41, 5.74) is 2.60. The molecule has 4 heteroatoms. The Bertz CT molecular complexity index is 806. The van der Waals surface area contributed by atoms with Crippen LogP contribution in [0.3, 0.4) is 0 Å². The van der Waals surface area contributed by atoms with Gasteiger partial charge in [-0.2, -0.15) is 0 Å². The van der Waals surface area contributed by atoms with Gasteiger partial charge in [-0.1, -0.05) is 30.3 Å². The van der Waals surface area contributed by atoms with Gasteiger partial charge in [-0.25, -0.2) is 0 Å². The molecule has 0 saturated carbocycles. The molecule has 0 unspecified atom stereocenters. The second kappa shape index (κ2) is 4.66. The van der Waals surface area contributed by atoms with Crippen molar-refractivity contribution in [3.63, 3.8) is 0 Å². The molecule has 1 amide bonds. The third kappa shape index (κ3) is 1.96. The number of aryl methyl sites for hydroxylation is 1. The minimum atomic E-state index is -0.273. The summed E-state index contributed by atoms with van der Waals surface area (Å²) in [6.45, 7) is 3.17. The Morgan fingerprint density at radius 1 is 0.905 bits per heavy atom. The number of hydrogen-bond acceptors (Lipinski definition) is 3. The van der Waals surface area contributed by atoms with Crippen molar-refractivity contribution in [2.24, 2.45) is 0 Å². The molecular weight excluding hydrogens is 266 g/mol. The lowest BCUT2D eigenvalue weighted by Gasteiger charge is -2.21. The van der Waals surface area contributed by atoms with Crippen LogP contribution in [0.1, 0.15) is 44.3 Å². The van der Waals surface area contributed by atoms with E-state index in [9.17, 15) is 14.4 Å². The first-order valence-corrected chi connectivity index (χ1v) is 6.60. The zero-order chi connectivity index (χ0) is 15.1. The lowest BCUT2D eigenvalue weighted by Crippen LogP contribution is -2.23. The summed E-state index contributed by atoms with van der Waals surface area (Å²) in [5, 5.41) is 2.67. The average Bonchev–Trinajstić information content (AvgIpc) is 2.46. The molecule has 104 valence electrons. The van der Waals surface area contributed by atoms with Crippen LogP contribution in [0.25, 0.3) is 0 Å². The fourth-order valence-corrected chi connectivity index (χ4v) is 2.63. The van der Waals surface area contributed by atoms with Gasteiger partial charge < -0.3 is 5.32 Å². The lowest BCUT2D eigenvalue weighted by atomic mass is 9.82. The van der Waals surface area contributed by atoms with Crippen LogP contribution in [-0.4, -0.2) is 17.5 Å². The molecule has 0 aliphatic heterocycles. The third-order valence-corrected chi connectivity index (χ3v) is 3.60. The average molecular weight is 279 g/mol. The van der Waals surface area contributed by atoms with Crippen molar-refractivity contribution in [2.75, 3.05) is 5.32 Å². The topological polar surface area (TPSA) is 63.2 Å². The number of hydrogen-bond donors (Lipinski definition) is 1. The number of rotatable bonds is 1. The molecule has 0 heterocycles. The van der Waals surface area contributed by atoms with Gasteiger partial charge >= 0.3 is 0 Å². The molecule has 0 radical (unpaired) electrons. The summed E-state index contributed by atoms with van der Waals surface area (Å²) in [6, 6.07) is 10.1. The molecule has 21 heavy (non-hydrogen) atoms. The fraction of sp³-hybridized carbons (Fsp3) is 0.118. The quantitative estimate of drug-likeness (QED) is 0.745. The van der Waals surface area contributed by atoms with Gasteiger partial charge in [0.1, 0.15) is 0 Å². The minimum absolute atomic E-state index is 0.188. The largest absolute Gasteiger partial charge is 0.325 e. The molecule has 0 bridgehead atoms. The van der Waals surface area contributed by atoms with Crippen molar-refractivity contribution in [2.45, 2.75) is 13.8 Å². The number of carbonyl (C=O) groups excluding carboxylic acids is 3. The van der Waals surface area contributed by atoms with Gasteiger partial charge in [0, 0.05) is 23.6 Å². The molecule has 3 rings (SSSR count). The first-order chi connectivity index (χ1) is 10.0. The summed E-state index contributed by atoms with van der Waals surface area (Å²) in [4.78, 5) is 36.6. The van der Waals surface area contributed by atoms with Gasteiger partial charge in [-0.3, -0.25) is 14.4 Å². The molecule has 0 aromatic heterocycles. The fourth-order valence-electron chi connectivity index (χ4n) is 2.63. The van der Waals surface area contributed by atoms with Gasteiger partial charge in [-0.05, 0) is 18.6 Å². The Kier molecular flexibility index (Phi) is 2.94. The molecule has 1 N–H and O–H groups in total. The molecule has 0 saturated heterocycles. The highest BCUT2D eigenvalue weighted by atomic mass is 16.2. The Labute approximate surface area is 121 Å². The zero-order valence-corrected chi connectivity index (χ0v) is 11.7. The van der Waals surface area contributed by atoms with E-state index in [-0.39, 0.29) is 23.0 Å². The lowest BCUT2D eigenvalue weighted by molar-refractivity contribution is -0.114. The molecule has 0 spiro atoms. The minimum Gasteiger partial charge on any atom is -0.325 e. The van der Waals surface area contributed by atoms with E-state index < -0.39 is 0 Å². The molecule has 0 atom stereocenters. The van der Waals surface area contributed by atoms with Crippen LogP contribution >= 0.6 is 0 Å². The highest BCUT2D eigenvalue weighted by molar-refractivity contribution is 6.30. The number of amides is 1. The zero-order valence-electron chi connectivity index (χ0n) is 11.7. The Hall–Kier alpha value is -2.75. The number of fused-ring (bicyclic) bond motifs is 2. The highest BCUT2D eigenvalue weighted by Gasteiger charge is 2.32. The maximum Gasteiger partial charge on any atom is 0.221 e. The van der Waals surface area contributed by atoms with Gasteiger partial charge in [0.05, 0.1) is 11.3 Å². The molecule has 2 aromatic carbocycles. The summed E-state index contributed by atoms with van der Waals surface area (Å²) < 4.78 is 0. The van der Waals surface area contributed by atoms with E-state index in [4.69, 9.17) is 0 Å². The van der Waals surface area contributed by atoms with Gasteiger partial charge in [0.2, 0.25) is 5.91 Å². The van der Waals surface area contributed by atoms with E-state index >= 15 is 0 Å². The number of nitrogens with one attached hydrogen (secondary N) is 1. The van der Waals surface area contributed by atoms with Gasteiger partial charge in [0.15, 0.2) is 11.6 Å². The number of ketones is 2. The predicted molar refractivity (Wildman–Crippen MR) is 78.8 cm³/mol. The van der Waals surface area contributed by atoms with Gasteiger partial charge in [-0.15, -0.1) is 0 Å². The maximum absolute atomic E-state index is 12.7. The Morgan fingerprint density at radius 3 is 2.14 bits per heavy atom. The first-order valence-electron chi connectivity index (χ1n) is 6.60. The monoisotopic (exact) mass is 279 g/mol. The van der Waals surface area contributed by atoms with E-state index in [0.29, 0.717) is 22.4 Å². The molecular formula is C17H13NO3. The van der Waals surface area contributed by atoms with E-state index in [0.717, 1.165) is 5.56 Å².